The Labute approximate surface area is 102 Å². The lowest BCUT2D eigenvalue weighted by Crippen LogP contribution is -2.31. The van der Waals surface area contributed by atoms with Crippen LogP contribution in [0.4, 0.5) is 5.69 Å². The summed E-state index contributed by atoms with van der Waals surface area (Å²) in [5, 5.41) is 0. The molecule has 1 aromatic carbocycles. The molecule has 17 heavy (non-hydrogen) atoms. The van der Waals surface area contributed by atoms with Gasteiger partial charge < -0.3 is 15.5 Å². The van der Waals surface area contributed by atoms with E-state index in [2.05, 4.69) is 23.9 Å². The van der Waals surface area contributed by atoms with Gasteiger partial charge in [-0.25, -0.2) is 0 Å². The van der Waals surface area contributed by atoms with Crippen LogP contribution in [0, 0.1) is 0 Å². The second-order valence-corrected chi connectivity index (χ2v) is 4.76. The summed E-state index contributed by atoms with van der Waals surface area (Å²) in [5.74, 6) is -0.371. The first-order valence-electron chi connectivity index (χ1n) is 5.89. The average molecular weight is 233 g/mol. The number of hydrogen-bond acceptors (Lipinski definition) is 3. The summed E-state index contributed by atoms with van der Waals surface area (Å²) >= 11 is 0. The normalized spacial score (nSPS) is 19.9. The van der Waals surface area contributed by atoms with Crippen molar-refractivity contribution in [3.05, 3.63) is 29.8 Å². The van der Waals surface area contributed by atoms with Gasteiger partial charge in [-0.2, -0.15) is 0 Å². The van der Waals surface area contributed by atoms with Crippen LogP contribution in [0.15, 0.2) is 24.3 Å². The van der Waals surface area contributed by atoms with Crippen LogP contribution in [-0.4, -0.2) is 44.0 Å². The molecule has 1 aliphatic rings. The highest BCUT2D eigenvalue weighted by molar-refractivity contribution is 5.93. The predicted molar refractivity (Wildman–Crippen MR) is 69.3 cm³/mol. The van der Waals surface area contributed by atoms with Crippen molar-refractivity contribution >= 4 is 11.6 Å². The SMILES string of the molecule is CN(C)[C@@H]1CCN(c2ccc(C(N)=O)cc2)C1. The topological polar surface area (TPSA) is 49.6 Å². The molecule has 4 heteroatoms. The third kappa shape index (κ3) is 2.58. The van der Waals surface area contributed by atoms with Gasteiger partial charge in [0.2, 0.25) is 5.91 Å². The molecule has 1 heterocycles. The number of primary amides is 1. The Morgan fingerprint density at radius 2 is 2.00 bits per heavy atom. The number of benzene rings is 1. The molecule has 0 radical (unpaired) electrons. The fourth-order valence-corrected chi connectivity index (χ4v) is 2.23. The standard InChI is InChI=1S/C13H19N3O/c1-15(2)12-7-8-16(9-12)11-5-3-10(4-6-11)13(14)17/h3-6,12H,7-9H2,1-2H3,(H2,14,17)/t12-/m1/s1. The van der Waals surface area contributed by atoms with E-state index in [-0.39, 0.29) is 5.91 Å². The van der Waals surface area contributed by atoms with E-state index in [0.29, 0.717) is 11.6 Å². The van der Waals surface area contributed by atoms with Crippen LogP contribution in [-0.2, 0) is 0 Å². The van der Waals surface area contributed by atoms with E-state index < -0.39 is 0 Å². The summed E-state index contributed by atoms with van der Waals surface area (Å²) in [4.78, 5) is 15.6. The molecule has 1 amide bonds. The molecule has 0 saturated carbocycles. The zero-order valence-corrected chi connectivity index (χ0v) is 10.4. The van der Waals surface area contributed by atoms with Gasteiger partial charge in [0.05, 0.1) is 0 Å². The monoisotopic (exact) mass is 233 g/mol. The third-order valence-electron chi connectivity index (χ3n) is 3.41. The van der Waals surface area contributed by atoms with Gasteiger partial charge in [0.25, 0.3) is 0 Å². The van der Waals surface area contributed by atoms with Gasteiger partial charge in [-0.05, 0) is 44.8 Å². The van der Waals surface area contributed by atoms with Crippen molar-refractivity contribution in [3.63, 3.8) is 0 Å². The molecule has 92 valence electrons. The smallest absolute Gasteiger partial charge is 0.248 e. The maximum absolute atomic E-state index is 11.0. The first kappa shape index (κ1) is 11.9. The number of likely N-dealkylation sites (N-methyl/N-ethyl adjacent to an activating group) is 1. The van der Waals surface area contributed by atoms with Crippen LogP contribution >= 0.6 is 0 Å². The van der Waals surface area contributed by atoms with Gasteiger partial charge in [-0.3, -0.25) is 4.79 Å². The first-order chi connectivity index (χ1) is 8.08. The quantitative estimate of drug-likeness (QED) is 0.845. The lowest BCUT2D eigenvalue weighted by molar-refractivity contribution is 0.100. The van der Waals surface area contributed by atoms with E-state index in [1.807, 2.05) is 12.1 Å². The minimum Gasteiger partial charge on any atom is -0.370 e. The summed E-state index contributed by atoms with van der Waals surface area (Å²) in [6.07, 6.45) is 1.19. The fraction of sp³-hybridized carbons (Fsp3) is 0.462. The second kappa shape index (κ2) is 4.75. The summed E-state index contributed by atoms with van der Waals surface area (Å²) in [5.41, 5.74) is 6.95. The largest absolute Gasteiger partial charge is 0.370 e. The highest BCUT2D eigenvalue weighted by Crippen LogP contribution is 2.22. The molecular formula is C13H19N3O. The molecule has 1 fully saturated rings. The minimum absolute atomic E-state index is 0.371. The molecule has 2 rings (SSSR count). The summed E-state index contributed by atoms with van der Waals surface area (Å²) < 4.78 is 0. The molecule has 1 aromatic rings. The molecule has 2 N–H and O–H groups in total. The Bertz CT molecular complexity index is 400. The van der Waals surface area contributed by atoms with E-state index in [9.17, 15) is 4.79 Å². The Balaban J connectivity index is 2.06. The van der Waals surface area contributed by atoms with Crippen molar-refractivity contribution in [2.45, 2.75) is 12.5 Å². The highest BCUT2D eigenvalue weighted by atomic mass is 16.1. The average Bonchev–Trinajstić information content (AvgIpc) is 2.78. The van der Waals surface area contributed by atoms with Crippen molar-refractivity contribution in [1.29, 1.82) is 0 Å². The molecular weight excluding hydrogens is 214 g/mol. The number of anilines is 1. The van der Waals surface area contributed by atoms with Crippen molar-refractivity contribution in [2.24, 2.45) is 5.73 Å². The lowest BCUT2D eigenvalue weighted by Gasteiger charge is -2.21. The fourth-order valence-electron chi connectivity index (χ4n) is 2.23. The number of rotatable bonds is 3. The lowest BCUT2D eigenvalue weighted by atomic mass is 10.2. The highest BCUT2D eigenvalue weighted by Gasteiger charge is 2.23. The van der Waals surface area contributed by atoms with E-state index in [4.69, 9.17) is 5.73 Å². The number of amides is 1. The Hall–Kier alpha value is -1.55. The van der Waals surface area contributed by atoms with Crippen molar-refractivity contribution in [2.75, 3.05) is 32.1 Å². The Morgan fingerprint density at radius 1 is 1.35 bits per heavy atom. The van der Waals surface area contributed by atoms with Gasteiger partial charge in [-0.15, -0.1) is 0 Å². The molecule has 0 bridgehead atoms. The van der Waals surface area contributed by atoms with Crippen molar-refractivity contribution < 1.29 is 4.79 Å². The number of carbonyl (C=O) groups excluding carboxylic acids is 1. The predicted octanol–water partition coefficient (Wildman–Crippen LogP) is 0.926. The maximum Gasteiger partial charge on any atom is 0.248 e. The maximum atomic E-state index is 11.0. The number of hydrogen-bond donors (Lipinski definition) is 1. The first-order valence-corrected chi connectivity index (χ1v) is 5.89. The number of nitrogens with two attached hydrogens (primary N) is 1. The zero-order valence-electron chi connectivity index (χ0n) is 10.4. The molecule has 0 aliphatic carbocycles. The zero-order chi connectivity index (χ0) is 12.4. The van der Waals surface area contributed by atoms with E-state index >= 15 is 0 Å². The molecule has 1 aliphatic heterocycles. The van der Waals surface area contributed by atoms with Crippen LogP contribution in [0.25, 0.3) is 0 Å². The summed E-state index contributed by atoms with van der Waals surface area (Å²) in [6.45, 7) is 2.11. The van der Waals surface area contributed by atoms with Crippen LogP contribution in [0.3, 0.4) is 0 Å². The van der Waals surface area contributed by atoms with Gasteiger partial charge in [0.1, 0.15) is 0 Å². The van der Waals surface area contributed by atoms with Gasteiger partial charge in [0, 0.05) is 30.4 Å². The summed E-state index contributed by atoms with van der Waals surface area (Å²) in [6, 6.07) is 8.14. The third-order valence-corrected chi connectivity index (χ3v) is 3.41. The number of carbonyl (C=O) groups is 1. The van der Waals surface area contributed by atoms with Crippen LogP contribution < -0.4 is 10.6 Å². The number of nitrogens with zero attached hydrogens (tertiary/aromatic N) is 2. The van der Waals surface area contributed by atoms with E-state index in [1.54, 1.807) is 12.1 Å². The van der Waals surface area contributed by atoms with Crippen molar-refractivity contribution in [1.82, 2.24) is 4.90 Å². The van der Waals surface area contributed by atoms with Crippen LogP contribution in [0.1, 0.15) is 16.8 Å². The molecule has 1 saturated heterocycles. The van der Waals surface area contributed by atoms with Gasteiger partial charge in [-0.1, -0.05) is 0 Å². The molecule has 0 unspecified atom stereocenters. The second-order valence-electron chi connectivity index (χ2n) is 4.76. The van der Waals surface area contributed by atoms with Gasteiger partial charge >= 0.3 is 0 Å². The van der Waals surface area contributed by atoms with Crippen LogP contribution in [0.2, 0.25) is 0 Å². The van der Waals surface area contributed by atoms with Crippen LogP contribution in [0.5, 0.6) is 0 Å². The molecule has 1 atom stereocenters. The van der Waals surface area contributed by atoms with E-state index in [0.717, 1.165) is 13.1 Å². The Kier molecular flexibility index (Phi) is 3.33. The van der Waals surface area contributed by atoms with Crippen molar-refractivity contribution in [3.8, 4) is 0 Å². The molecule has 0 aromatic heterocycles. The molecule has 4 nitrogen and oxygen atoms in total. The van der Waals surface area contributed by atoms with E-state index in [1.165, 1.54) is 12.1 Å². The minimum atomic E-state index is -0.371. The molecule has 0 spiro atoms. The summed E-state index contributed by atoms with van der Waals surface area (Å²) in [7, 11) is 4.23. The Morgan fingerprint density at radius 3 is 2.47 bits per heavy atom. The van der Waals surface area contributed by atoms with Gasteiger partial charge in [0.15, 0.2) is 0 Å².